The standard InChI is InChI=1S/C14H18N4O/c1-18-9-12(17-10-18)7-13(14(15)19)16-8-11-5-3-2-4-6-11/h2-6,9-10,13,16H,7-8H2,1H3,(H2,15,19). The van der Waals surface area contributed by atoms with Crippen molar-refractivity contribution in [3.8, 4) is 0 Å². The number of primary amides is 1. The van der Waals surface area contributed by atoms with Gasteiger partial charge in [0.2, 0.25) is 5.91 Å². The maximum atomic E-state index is 11.5. The van der Waals surface area contributed by atoms with Crippen LogP contribution >= 0.6 is 0 Å². The molecule has 0 bridgehead atoms. The number of nitrogens with two attached hydrogens (primary N) is 1. The number of carbonyl (C=O) groups excluding carboxylic acids is 1. The van der Waals surface area contributed by atoms with E-state index < -0.39 is 6.04 Å². The van der Waals surface area contributed by atoms with Crippen molar-refractivity contribution in [2.75, 3.05) is 0 Å². The molecule has 2 aromatic rings. The monoisotopic (exact) mass is 258 g/mol. The van der Waals surface area contributed by atoms with Gasteiger partial charge < -0.3 is 15.6 Å². The second kappa shape index (κ2) is 6.15. The average Bonchev–Trinajstić information content (AvgIpc) is 2.81. The van der Waals surface area contributed by atoms with Gasteiger partial charge in [0, 0.05) is 26.2 Å². The van der Waals surface area contributed by atoms with Gasteiger partial charge in [-0.25, -0.2) is 4.98 Å². The number of nitrogens with one attached hydrogen (secondary N) is 1. The van der Waals surface area contributed by atoms with Gasteiger partial charge in [-0.3, -0.25) is 4.79 Å². The van der Waals surface area contributed by atoms with Crippen LogP contribution < -0.4 is 11.1 Å². The zero-order chi connectivity index (χ0) is 13.7. The van der Waals surface area contributed by atoms with Crippen LogP contribution in [0.5, 0.6) is 0 Å². The lowest BCUT2D eigenvalue weighted by Gasteiger charge is -2.14. The topological polar surface area (TPSA) is 72.9 Å². The van der Waals surface area contributed by atoms with Crippen LogP contribution in [0.25, 0.3) is 0 Å². The molecule has 5 heteroatoms. The molecule has 1 unspecified atom stereocenters. The third-order valence-corrected chi connectivity index (χ3v) is 2.91. The van der Waals surface area contributed by atoms with Crippen molar-refractivity contribution in [3.63, 3.8) is 0 Å². The van der Waals surface area contributed by atoms with Crippen molar-refractivity contribution in [2.24, 2.45) is 12.8 Å². The number of nitrogens with zero attached hydrogens (tertiary/aromatic N) is 2. The Bertz CT molecular complexity index is 535. The number of rotatable bonds is 6. The molecule has 1 heterocycles. The summed E-state index contributed by atoms with van der Waals surface area (Å²) in [6.45, 7) is 0.612. The zero-order valence-electron chi connectivity index (χ0n) is 10.9. The maximum absolute atomic E-state index is 11.5. The lowest BCUT2D eigenvalue weighted by atomic mass is 10.1. The molecule has 0 spiro atoms. The number of carbonyl (C=O) groups is 1. The van der Waals surface area contributed by atoms with E-state index in [-0.39, 0.29) is 5.91 Å². The van der Waals surface area contributed by atoms with Crippen LogP contribution in [0.2, 0.25) is 0 Å². The number of hydrogen-bond donors (Lipinski definition) is 2. The lowest BCUT2D eigenvalue weighted by Crippen LogP contribution is -2.42. The molecule has 5 nitrogen and oxygen atoms in total. The molecule has 1 aromatic heterocycles. The Morgan fingerprint density at radius 3 is 2.74 bits per heavy atom. The molecule has 0 radical (unpaired) electrons. The first-order chi connectivity index (χ1) is 9.15. The molecule has 0 aliphatic rings. The highest BCUT2D eigenvalue weighted by atomic mass is 16.1. The van der Waals surface area contributed by atoms with Gasteiger partial charge >= 0.3 is 0 Å². The highest BCUT2D eigenvalue weighted by Crippen LogP contribution is 2.03. The second-order valence-corrected chi connectivity index (χ2v) is 4.56. The summed E-state index contributed by atoms with van der Waals surface area (Å²) < 4.78 is 1.85. The Hall–Kier alpha value is -2.14. The third kappa shape index (κ3) is 3.93. The summed E-state index contributed by atoms with van der Waals surface area (Å²) >= 11 is 0. The summed E-state index contributed by atoms with van der Waals surface area (Å²) in [5.41, 5.74) is 7.39. The number of benzene rings is 1. The molecule has 100 valence electrons. The molecule has 0 aliphatic heterocycles. The molecule has 0 saturated carbocycles. The Morgan fingerprint density at radius 1 is 1.42 bits per heavy atom. The van der Waals surface area contributed by atoms with Crippen molar-refractivity contribution in [2.45, 2.75) is 19.0 Å². The van der Waals surface area contributed by atoms with Crippen molar-refractivity contribution >= 4 is 5.91 Å². The third-order valence-electron chi connectivity index (χ3n) is 2.91. The molecule has 2 rings (SSSR count). The fourth-order valence-electron chi connectivity index (χ4n) is 1.89. The highest BCUT2D eigenvalue weighted by Gasteiger charge is 2.16. The Morgan fingerprint density at radius 2 is 2.16 bits per heavy atom. The Kier molecular flexibility index (Phi) is 4.30. The molecule has 1 atom stereocenters. The molecular weight excluding hydrogens is 240 g/mol. The first-order valence-electron chi connectivity index (χ1n) is 6.18. The minimum absolute atomic E-state index is 0.360. The van der Waals surface area contributed by atoms with Crippen molar-refractivity contribution in [1.29, 1.82) is 0 Å². The summed E-state index contributed by atoms with van der Waals surface area (Å²) in [6, 6.07) is 9.50. The lowest BCUT2D eigenvalue weighted by molar-refractivity contribution is -0.120. The van der Waals surface area contributed by atoms with E-state index in [1.807, 2.05) is 48.1 Å². The van der Waals surface area contributed by atoms with E-state index in [0.29, 0.717) is 13.0 Å². The average molecular weight is 258 g/mol. The van der Waals surface area contributed by atoms with Gasteiger partial charge in [-0.1, -0.05) is 30.3 Å². The first kappa shape index (κ1) is 13.3. The van der Waals surface area contributed by atoms with Crippen LogP contribution in [-0.2, 0) is 24.8 Å². The Balaban J connectivity index is 1.95. The van der Waals surface area contributed by atoms with Crippen LogP contribution in [0.15, 0.2) is 42.9 Å². The molecule has 1 amide bonds. The summed E-state index contributed by atoms with van der Waals surface area (Å²) in [5, 5.41) is 3.17. The smallest absolute Gasteiger partial charge is 0.234 e. The number of amides is 1. The molecule has 1 aromatic carbocycles. The summed E-state index contributed by atoms with van der Waals surface area (Å²) in [6.07, 6.45) is 4.10. The second-order valence-electron chi connectivity index (χ2n) is 4.56. The van der Waals surface area contributed by atoms with Crippen molar-refractivity contribution < 1.29 is 4.79 Å². The SMILES string of the molecule is Cn1cnc(CC(NCc2ccccc2)C(N)=O)c1. The van der Waals surface area contributed by atoms with E-state index in [1.54, 1.807) is 6.33 Å². The fraction of sp³-hybridized carbons (Fsp3) is 0.286. The Labute approximate surface area is 112 Å². The predicted octanol–water partition coefficient (Wildman–Crippen LogP) is 0.606. The molecular formula is C14H18N4O. The van der Waals surface area contributed by atoms with Gasteiger partial charge in [0.25, 0.3) is 0 Å². The summed E-state index contributed by atoms with van der Waals surface area (Å²) in [4.78, 5) is 15.7. The maximum Gasteiger partial charge on any atom is 0.234 e. The normalized spacial score (nSPS) is 12.3. The zero-order valence-corrected chi connectivity index (χ0v) is 10.9. The molecule has 0 fully saturated rings. The van der Waals surface area contributed by atoms with E-state index in [2.05, 4.69) is 10.3 Å². The molecule has 3 N–H and O–H groups in total. The van der Waals surface area contributed by atoms with Gasteiger partial charge in [0.05, 0.1) is 18.1 Å². The number of imidazole rings is 1. The van der Waals surface area contributed by atoms with E-state index in [9.17, 15) is 4.79 Å². The van der Waals surface area contributed by atoms with E-state index in [1.165, 1.54) is 0 Å². The van der Waals surface area contributed by atoms with E-state index in [0.717, 1.165) is 11.3 Å². The minimum Gasteiger partial charge on any atom is -0.368 e. The number of aromatic nitrogens is 2. The molecule has 19 heavy (non-hydrogen) atoms. The highest BCUT2D eigenvalue weighted by molar-refractivity contribution is 5.80. The number of aryl methyl sites for hydroxylation is 1. The summed E-state index contributed by atoms with van der Waals surface area (Å²) in [7, 11) is 1.90. The van der Waals surface area contributed by atoms with Crippen LogP contribution in [0.4, 0.5) is 0 Å². The first-order valence-corrected chi connectivity index (χ1v) is 6.18. The van der Waals surface area contributed by atoms with Gasteiger partial charge in [0.15, 0.2) is 0 Å². The molecule has 0 aliphatic carbocycles. The number of hydrogen-bond acceptors (Lipinski definition) is 3. The summed E-state index contributed by atoms with van der Waals surface area (Å²) in [5.74, 6) is -0.360. The van der Waals surface area contributed by atoms with Gasteiger partial charge in [-0.2, -0.15) is 0 Å². The van der Waals surface area contributed by atoms with Crippen molar-refractivity contribution in [1.82, 2.24) is 14.9 Å². The predicted molar refractivity (Wildman–Crippen MR) is 73.2 cm³/mol. The van der Waals surface area contributed by atoms with Gasteiger partial charge in [0.1, 0.15) is 0 Å². The van der Waals surface area contributed by atoms with Crippen LogP contribution in [0.3, 0.4) is 0 Å². The van der Waals surface area contributed by atoms with Gasteiger partial charge in [-0.05, 0) is 5.56 Å². The van der Waals surface area contributed by atoms with Crippen LogP contribution in [-0.4, -0.2) is 21.5 Å². The van der Waals surface area contributed by atoms with Crippen LogP contribution in [0.1, 0.15) is 11.3 Å². The fourth-order valence-corrected chi connectivity index (χ4v) is 1.89. The van der Waals surface area contributed by atoms with Crippen molar-refractivity contribution in [3.05, 3.63) is 54.1 Å². The minimum atomic E-state index is -0.407. The van der Waals surface area contributed by atoms with Gasteiger partial charge in [-0.15, -0.1) is 0 Å². The largest absolute Gasteiger partial charge is 0.368 e. The van der Waals surface area contributed by atoms with E-state index in [4.69, 9.17) is 5.73 Å². The molecule has 0 saturated heterocycles. The quantitative estimate of drug-likeness (QED) is 0.797. The van der Waals surface area contributed by atoms with E-state index >= 15 is 0 Å². The van der Waals surface area contributed by atoms with Crippen LogP contribution in [0, 0.1) is 0 Å².